The molecule has 1 aromatic heterocycles. The summed E-state index contributed by atoms with van der Waals surface area (Å²) in [6, 6.07) is 5.91. The van der Waals surface area contributed by atoms with Crippen LogP contribution in [0.5, 0.6) is 0 Å². The lowest BCUT2D eigenvalue weighted by atomic mass is 10.1. The molecule has 1 amide bonds. The summed E-state index contributed by atoms with van der Waals surface area (Å²) in [7, 11) is 3.78. The summed E-state index contributed by atoms with van der Waals surface area (Å²) in [5, 5.41) is 0. The Morgan fingerprint density at radius 3 is 2.83 bits per heavy atom. The maximum Gasteiger partial charge on any atom is 0.226 e. The molecule has 1 aromatic carbocycles. The number of nitrogens with zero attached hydrogens (tertiary/aromatic N) is 3. The van der Waals surface area contributed by atoms with Gasteiger partial charge in [-0.25, -0.2) is 4.98 Å². The normalized spacial score (nSPS) is 11.2. The van der Waals surface area contributed by atoms with Crippen molar-refractivity contribution in [3.8, 4) is 0 Å². The molecule has 0 spiro atoms. The summed E-state index contributed by atoms with van der Waals surface area (Å²) in [5.74, 6) is 0.513. The quantitative estimate of drug-likeness (QED) is 0.833. The molecule has 0 N–H and O–H groups in total. The third-order valence-electron chi connectivity index (χ3n) is 3.05. The van der Waals surface area contributed by atoms with Crippen molar-refractivity contribution in [1.82, 2.24) is 9.55 Å². The number of amides is 1. The van der Waals surface area contributed by atoms with Gasteiger partial charge in [-0.3, -0.25) is 4.79 Å². The van der Waals surface area contributed by atoms with Crippen LogP contribution in [-0.2, 0) is 11.8 Å². The molecule has 4 heteroatoms. The number of anilines is 1. The maximum absolute atomic E-state index is 12.0. The Labute approximate surface area is 107 Å². The number of hydrogen-bond acceptors (Lipinski definition) is 2. The van der Waals surface area contributed by atoms with Crippen LogP contribution in [-0.4, -0.2) is 22.5 Å². The van der Waals surface area contributed by atoms with Gasteiger partial charge in [-0.1, -0.05) is 13.8 Å². The molecular formula is C14H19N3O. The summed E-state index contributed by atoms with van der Waals surface area (Å²) in [4.78, 5) is 18.0. The fourth-order valence-corrected chi connectivity index (χ4v) is 1.96. The standard InChI is InChI=1S/C14H19N3O/c1-10(2)7-14(18)17(4)11-5-6-13-12(8-11)15-9-16(13)3/h5-6,8-10H,7H2,1-4H3. The first-order chi connectivity index (χ1) is 8.49. The third kappa shape index (κ3) is 2.37. The lowest BCUT2D eigenvalue weighted by Crippen LogP contribution is -2.27. The number of rotatable bonds is 3. The molecule has 96 valence electrons. The number of carbonyl (C=O) groups excluding carboxylic acids is 1. The third-order valence-corrected chi connectivity index (χ3v) is 3.05. The number of fused-ring (bicyclic) bond motifs is 1. The number of aryl methyl sites for hydroxylation is 1. The highest BCUT2D eigenvalue weighted by molar-refractivity contribution is 5.94. The summed E-state index contributed by atoms with van der Waals surface area (Å²) in [6.45, 7) is 4.10. The monoisotopic (exact) mass is 245 g/mol. The van der Waals surface area contributed by atoms with Crippen LogP contribution in [0.3, 0.4) is 0 Å². The van der Waals surface area contributed by atoms with Gasteiger partial charge in [0.15, 0.2) is 0 Å². The molecule has 0 aliphatic heterocycles. The van der Waals surface area contributed by atoms with E-state index in [0.717, 1.165) is 16.7 Å². The zero-order valence-corrected chi connectivity index (χ0v) is 11.3. The Morgan fingerprint density at radius 1 is 1.44 bits per heavy atom. The molecule has 0 saturated heterocycles. The van der Waals surface area contributed by atoms with Crippen LogP contribution in [0, 0.1) is 5.92 Å². The lowest BCUT2D eigenvalue weighted by molar-refractivity contribution is -0.119. The highest BCUT2D eigenvalue weighted by Gasteiger charge is 2.13. The minimum atomic E-state index is 0.139. The van der Waals surface area contributed by atoms with Gasteiger partial charge in [-0.05, 0) is 24.1 Å². The van der Waals surface area contributed by atoms with Gasteiger partial charge in [0.1, 0.15) is 0 Å². The molecular weight excluding hydrogens is 226 g/mol. The average molecular weight is 245 g/mol. The second kappa shape index (κ2) is 4.80. The zero-order chi connectivity index (χ0) is 13.3. The Bertz CT molecular complexity index is 571. The van der Waals surface area contributed by atoms with Crippen molar-refractivity contribution in [3.05, 3.63) is 24.5 Å². The van der Waals surface area contributed by atoms with Crippen molar-refractivity contribution in [1.29, 1.82) is 0 Å². The summed E-state index contributed by atoms with van der Waals surface area (Å²) >= 11 is 0. The fourth-order valence-electron chi connectivity index (χ4n) is 1.96. The molecule has 0 atom stereocenters. The van der Waals surface area contributed by atoms with Gasteiger partial charge < -0.3 is 9.47 Å². The van der Waals surface area contributed by atoms with E-state index in [-0.39, 0.29) is 5.91 Å². The second-order valence-corrected chi connectivity index (χ2v) is 5.08. The minimum Gasteiger partial charge on any atom is -0.334 e. The van der Waals surface area contributed by atoms with Crippen molar-refractivity contribution < 1.29 is 4.79 Å². The van der Waals surface area contributed by atoms with E-state index >= 15 is 0 Å². The van der Waals surface area contributed by atoms with Crippen LogP contribution in [0.15, 0.2) is 24.5 Å². The van der Waals surface area contributed by atoms with Crippen LogP contribution in [0.2, 0.25) is 0 Å². The number of carbonyl (C=O) groups is 1. The SMILES string of the molecule is CC(C)CC(=O)N(C)c1ccc2c(c1)ncn2C. The highest BCUT2D eigenvalue weighted by atomic mass is 16.2. The van der Waals surface area contributed by atoms with Crippen LogP contribution < -0.4 is 4.90 Å². The predicted octanol–water partition coefficient (Wildman–Crippen LogP) is 2.58. The highest BCUT2D eigenvalue weighted by Crippen LogP contribution is 2.21. The summed E-state index contributed by atoms with van der Waals surface area (Å²) in [5.41, 5.74) is 2.88. The smallest absolute Gasteiger partial charge is 0.226 e. The number of benzene rings is 1. The van der Waals surface area contributed by atoms with E-state index < -0.39 is 0 Å². The Kier molecular flexibility index (Phi) is 3.36. The second-order valence-electron chi connectivity index (χ2n) is 5.08. The molecule has 0 fully saturated rings. The summed E-state index contributed by atoms with van der Waals surface area (Å²) < 4.78 is 1.97. The van der Waals surface area contributed by atoms with E-state index in [2.05, 4.69) is 4.98 Å². The van der Waals surface area contributed by atoms with Crippen molar-refractivity contribution in [3.63, 3.8) is 0 Å². The summed E-state index contributed by atoms with van der Waals surface area (Å²) in [6.07, 6.45) is 2.35. The molecule has 18 heavy (non-hydrogen) atoms. The minimum absolute atomic E-state index is 0.139. The predicted molar refractivity (Wildman–Crippen MR) is 73.6 cm³/mol. The van der Waals surface area contributed by atoms with Gasteiger partial charge >= 0.3 is 0 Å². The number of imidazole rings is 1. The molecule has 0 saturated carbocycles. The van der Waals surface area contributed by atoms with Crippen LogP contribution >= 0.6 is 0 Å². The van der Waals surface area contributed by atoms with Gasteiger partial charge in [0.2, 0.25) is 5.91 Å². The van der Waals surface area contributed by atoms with E-state index in [1.54, 1.807) is 11.2 Å². The van der Waals surface area contributed by atoms with E-state index in [0.29, 0.717) is 12.3 Å². The van der Waals surface area contributed by atoms with Crippen molar-refractivity contribution in [2.45, 2.75) is 20.3 Å². The van der Waals surface area contributed by atoms with Gasteiger partial charge in [-0.2, -0.15) is 0 Å². The molecule has 0 unspecified atom stereocenters. The number of aromatic nitrogens is 2. The average Bonchev–Trinajstić information content (AvgIpc) is 2.69. The van der Waals surface area contributed by atoms with E-state index in [1.807, 2.05) is 50.7 Å². The largest absolute Gasteiger partial charge is 0.334 e. The lowest BCUT2D eigenvalue weighted by Gasteiger charge is -2.18. The zero-order valence-electron chi connectivity index (χ0n) is 11.3. The van der Waals surface area contributed by atoms with Crippen LogP contribution in [0.25, 0.3) is 11.0 Å². The molecule has 4 nitrogen and oxygen atoms in total. The maximum atomic E-state index is 12.0. The van der Waals surface area contributed by atoms with Crippen LogP contribution in [0.1, 0.15) is 20.3 Å². The van der Waals surface area contributed by atoms with Gasteiger partial charge in [-0.15, -0.1) is 0 Å². The topological polar surface area (TPSA) is 38.1 Å². The first kappa shape index (κ1) is 12.6. The Hall–Kier alpha value is -1.84. The van der Waals surface area contributed by atoms with Crippen molar-refractivity contribution in [2.24, 2.45) is 13.0 Å². The Balaban J connectivity index is 2.27. The molecule has 1 heterocycles. The molecule has 0 radical (unpaired) electrons. The first-order valence-corrected chi connectivity index (χ1v) is 6.16. The van der Waals surface area contributed by atoms with Crippen LogP contribution in [0.4, 0.5) is 5.69 Å². The van der Waals surface area contributed by atoms with E-state index in [4.69, 9.17) is 0 Å². The molecule has 0 aliphatic carbocycles. The van der Waals surface area contributed by atoms with Crippen molar-refractivity contribution >= 4 is 22.6 Å². The Morgan fingerprint density at radius 2 is 2.17 bits per heavy atom. The molecule has 2 rings (SSSR count). The van der Waals surface area contributed by atoms with E-state index in [9.17, 15) is 4.79 Å². The fraction of sp³-hybridized carbons (Fsp3) is 0.429. The van der Waals surface area contributed by atoms with Gasteiger partial charge in [0.25, 0.3) is 0 Å². The number of hydrogen-bond donors (Lipinski definition) is 0. The van der Waals surface area contributed by atoms with Gasteiger partial charge in [0.05, 0.1) is 17.4 Å². The van der Waals surface area contributed by atoms with Gasteiger partial charge in [0, 0.05) is 26.2 Å². The first-order valence-electron chi connectivity index (χ1n) is 6.16. The molecule has 0 bridgehead atoms. The van der Waals surface area contributed by atoms with E-state index in [1.165, 1.54) is 0 Å². The van der Waals surface area contributed by atoms with Crippen molar-refractivity contribution in [2.75, 3.05) is 11.9 Å². The molecule has 0 aliphatic rings. The molecule has 2 aromatic rings.